The van der Waals surface area contributed by atoms with Crippen molar-refractivity contribution in [2.75, 3.05) is 24.7 Å². The van der Waals surface area contributed by atoms with Gasteiger partial charge >= 0.3 is 0 Å². The van der Waals surface area contributed by atoms with Gasteiger partial charge in [-0.3, -0.25) is 0 Å². The normalized spacial score (nSPS) is 22.9. The van der Waals surface area contributed by atoms with Crippen molar-refractivity contribution in [1.29, 1.82) is 0 Å². The molecule has 0 radical (unpaired) electrons. The van der Waals surface area contributed by atoms with Gasteiger partial charge in [0.25, 0.3) is 0 Å². The van der Waals surface area contributed by atoms with Crippen LogP contribution in [0.25, 0.3) is 0 Å². The van der Waals surface area contributed by atoms with Crippen molar-refractivity contribution in [3.8, 4) is 0 Å². The second-order valence-corrected chi connectivity index (χ2v) is 6.05. The van der Waals surface area contributed by atoms with Crippen LogP contribution in [0.2, 0.25) is 0 Å². The van der Waals surface area contributed by atoms with Crippen LogP contribution in [0.4, 0.5) is 0 Å². The Balaban J connectivity index is 2.10. The van der Waals surface area contributed by atoms with Gasteiger partial charge in [0.1, 0.15) is 0 Å². The Labute approximate surface area is 105 Å². The molecule has 1 saturated heterocycles. The third-order valence-corrected chi connectivity index (χ3v) is 4.29. The summed E-state index contributed by atoms with van der Waals surface area (Å²) < 4.78 is 5.64. The SMILES string of the molecule is CCCNC(CSCC1CCCO1)C(C)C. The fraction of sp³-hybridized carbons (Fsp3) is 1.00. The van der Waals surface area contributed by atoms with E-state index in [2.05, 4.69) is 26.1 Å². The van der Waals surface area contributed by atoms with Gasteiger partial charge in [0.05, 0.1) is 6.10 Å². The van der Waals surface area contributed by atoms with Crippen molar-refractivity contribution < 1.29 is 4.74 Å². The molecule has 1 fully saturated rings. The summed E-state index contributed by atoms with van der Waals surface area (Å²) in [5.41, 5.74) is 0. The molecule has 2 atom stereocenters. The monoisotopic (exact) mass is 245 g/mol. The van der Waals surface area contributed by atoms with E-state index in [-0.39, 0.29) is 0 Å². The lowest BCUT2D eigenvalue weighted by Crippen LogP contribution is -2.36. The van der Waals surface area contributed by atoms with E-state index in [0.717, 1.165) is 19.1 Å². The highest BCUT2D eigenvalue weighted by atomic mass is 32.2. The van der Waals surface area contributed by atoms with E-state index in [1.54, 1.807) is 0 Å². The summed E-state index contributed by atoms with van der Waals surface area (Å²) in [5, 5.41) is 3.63. The van der Waals surface area contributed by atoms with Crippen LogP contribution >= 0.6 is 11.8 Å². The average molecular weight is 245 g/mol. The van der Waals surface area contributed by atoms with Crippen LogP contribution in [-0.4, -0.2) is 36.8 Å². The zero-order valence-electron chi connectivity index (χ0n) is 11.0. The molecule has 0 amide bonds. The average Bonchev–Trinajstić information content (AvgIpc) is 2.75. The van der Waals surface area contributed by atoms with Crippen LogP contribution in [-0.2, 0) is 4.74 Å². The van der Waals surface area contributed by atoms with E-state index in [1.165, 1.54) is 30.8 Å². The molecule has 0 aliphatic carbocycles. The second kappa shape index (κ2) is 8.37. The molecular weight excluding hydrogens is 218 g/mol. The van der Waals surface area contributed by atoms with Crippen LogP contribution in [0.1, 0.15) is 40.0 Å². The van der Waals surface area contributed by atoms with Crippen molar-refractivity contribution in [1.82, 2.24) is 5.32 Å². The number of rotatable bonds is 8. The predicted octanol–water partition coefficient (Wildman–Crippen LogP) is 2.92. The first-order chi connectivity index (χ1) is 7.74. The van der Waals surface area contributed by atoms with E-state index >= 15 is 0 Å². The van der Waals surface area contributed by atoms with E-state index in [4.69, 9.17) is 4.74 Å². The molecule has 2 nitrogen and oxygen atoms in total. The van der Waals surface area contributed by atoms with Gasteiger partial charge in [-0.2, -0.15) is 11.8 Å². The van der Waals surface area contributed by atoms with Crippen LogP contribution in [0.15, 0.2) is 0 Å². The molecule has 1 rings (SSSR count). The zero-order valence-corrected chi connectivity index (χ0v) is 11.8. The zero-order chi connectivity index (χ0) is 11.8. The molecule has 1 heterocycles. The maximum Gasteiger partial charge on any atom is 0.0666 e. The van der Waals surface area contributed by atoms with Crippen LogP contribution in [0.5, 0.6) is 0 Å². The molecule has 2 unspecified atom stereocenters. The third-order valence-electron chi connectivity index (χ3n) is 3.09. The highest BCUT2D eigenvalue weighted by Crippen LogP contribution is 2.18. The summed E-state index contributed by atoms with van der Waals surface area (Å²) in [6.45, 7) is 8.96. The summed E-state index contributed by atoms with van der Waals surface area (Å²) in [6, 6.07) is 0.659. The van der Waals surface area contributed by atoms with Gasteiger partial charge in [0.15, 0.2) is 0 Å². The molecule has 0 aromatic carbocycles. The first-order valence-electron chi connectivity index (χ1n) is 6.66. The predicted molar refractivity (Wildman–Crippen MR) is 73.2 cm³/mol. The minimum atomic E-state index is 0.531. The molecule has 96 valence electrons. The summed E-state index contributed by atoms with van der Waals surface area (Å²) in [6.07, 6.45) is 4.28. The molecular formula is C13H27NOS. The Kier molecular flexibility index (Phi) is 7.50. The van der Waals surface area contributed by atoms with Crippen LogP contribution < -0.4 is 5.32 Å². The fourth-order valence-electron chi connectivity index (χ4n) is 1.92. The molecule has 0 spiro atoms. The quantitative estimate of drug-likeness (QED) is 0.710. The van der Waals surface area contributed by atoms with Gasteiger partial charge in [0, 0.05) is 24.2 Å². The van der Waals surface area contributed by atoms with Crippen molar-refractivity contribution in [2.45, 2.75) is 52.2 Å². The summed E-state index contributed by atoms with van der Waals surface area (Å²) in [5.74, 6) is 3.12. The smallest absolute Gasteiger partial charge is 0.0666 e. The summed E-state index contributed by atoms with van der Waals surface area (Å²) in [7, 11) is 0. The Bertz CT molecular complexity index is 169. The molecule has 3 heteroatoms. The minimum absolute atomic E-state index is 0.531. The standard InChI is InChI=1S/C13H27NOS/c1-4-7-14-13(11(2)3)10-16-9-12-6-5-8-15-12/h11-14H,4-10H2,1-3H3. The molecule has 16 heavy (non-hydrogen) atoms. The Hall–Kier alpha value is 0.270. The first-order valence-corrected chi connectivity index (χ1v) is 7.82. The van der Waals surface area contributed by atoms with Crippen molar-refractivity contribution in [3.63, 3.8) is 0 Å². The van der Waals surface area contributed by atoms with E-state index in [9.17, 15) is 0 Å². The van der Waals surface area contributed by atoms with Crippen LogP contribution in [0, 0.1) is 5.92 Å². The van der Waals surface area contributed by atoms with Crippen LogP contribution in [0.3, 0.4) is 0 Å². The Morgan fingerprint density at radius 1 is 1.44 bits per heavy atom. The highest BCUT2D eigenvalue weighted by Gasteiger charge is 2.17. The molecule has 1 aliphatic heterocycles. The Morgan fingerprint density at radius 2 is 2.25 bits per heavy atom. The molecule has 0 aromatic rings. The lowest BCUT2D eigenvalue weighted by Gasteiger charge is -2.22. The van der Waals surface area contributed by atoms with Crippen molar-refractivity contribution >= 4 is 11.8 Å². The van der Waals surface area contributed by atoms with Gasteiger partial charge in [-0.25, -0.2) is 0 Å². The number of hydrogen-bond donors (Lipinski definition) is 1. The van der Waals surface area contributed by atoms with Crippen molar-refractivity contribution in [2.24, 2.45) is 5.92 Å². The van der Waals surface area contributed by atoms with E-state index in [0.29, 0.717) is 12.1 Å². The molecule has 0 bridgehead atoms. The minimum Gasteiger partial charge on any atom is -0.377 e. The van der Waals surface area contributed by atoms with Gasteiger partial charge in [-0.05, 0) is 31.7 Å². The van der Waals surface area contributed by atoms with Gasteiger partial charge in [0.2, 0.25) is 0 Å². The summed E-state index contributed by atoms with van der Waals surface area (Å²) in [4.78, 5) is 0. The number of ether oxygens (including phenoxy) is 1. The number of hydrogen-bond acceptors (Lipinski definition) is 3. The van der Waals surface area contributed by atoms with Gasteiger partial charge < -0.3 is 10.1 Å². The lowest BCUT2D eigenvalue weighted by atomic mass is 10.1. The number of nitrogens with one attached hydrogen (secondary N) is 1. The molecule has 0 saturated carbocycles. The third kappa shape index (κ3) is 5.55. The van der Waals surface area contributed by atoms with Gasteiger partial charge in [-0.1, -0.05) is 20.8 Å². The topological polar surface area (TPSA) is 21.3 Å². The van der Waals surface area contributed by atoms with Crippen molar-refractivity contribution in [3.05, 3.63) is 0 Å². The Morgan fingerprint density at radius 3 is 2.81 bits per heavy atom. The maximum absolute atomic E-state index is 5.64. The maximum atomic E-state index is 5.64. The van der Waals surface area contributed by atoms with Gasteiger partial charge in [-0.15, -0.1) is 0 Å². The fourth-order valence-corrected chi connectivity index (χ4v) is 3.34. The van der Waals surface area contributed by atoms with E-state index in [1.807, 2.05) is 11.8 Å². The molecule has 1 N–H and O–H groups in total. The summed E-state index contributed by atoms with van der Waals surface area (Å²) >= 11 is 2.05. The first kappa shape index (κ1) is 14.3. The lowest BCUT2D eigenvalue weighted by molar-refractivity contribution is 0.129. The molecule has 1 aliphatic rings. The molecule has 0 aromatic heterocycles. The number of thioether (sulfide) groups is 1. The largest absolute Gasteiger partial charge is 0.377 e. The highest BCUT2D eigenvalue weighted by molar-refractivity contribution is 7.99. The second-order valence-electron chi connectivity index (χ2n) is 4.98. The van der Waals surface area contributed by atoms with E-state index < -0.39 is 0 Å².